The van der Waals surface area contributed by atoms with Crippen molar-refractivity contribution in [2.24, 2.45) is 0 Å². The molecular formula is C4H6Br3Sn. The van der Waals surface area contributed by atoms with E-state index in [1.165, 1.54) is 4.44 Å². The fourth-order valence-corrected chi connectivity index (χ4v) is 3.35. The van der Waals surface area contributed by atoms with Crippen molar-refractivity contribution in [1.29, 1.82) is 0 Å². The van der Waals surface area contributed by atoms with Gasteiger partial charge in [0.25, 0.3) is 0 Å². The van der Waals surface area contributed by atoms with Crippen LogP contribution in [0.3, 0.4) is 0 Å². The Morgan fingerprint density at radius 3 is 1.88 bits per heavy atom. The molecule has 2 unspecified atom stereocenters. The quantitative estimate of drug-likeness (QED) is 0.494. The maximum absolute atomic E-state index is 3.55. The van der Waals surface area contributed by atoms with Crippen molar-refractivity contribution in [3.05, 3.63) is 0 Å². The van der Waals surface area contributed by atoms with Crippen molar-refractivity contribution in [2.75, 3.05) is 5.33 Å². The van der Waals surface area contributed by atoms with Gasteiger partial charge < -0.3 is 0 Å². The van der Waals surface area contributed by atoms with Gasteiger partial charge in [-0.25, -0.2) is 0 Å². The molecule has 8 heavy (non-hydrogen) atoms. The number of rotatable bonds is 3. The molecule has 47 valence electrons. The van der Waals surface area contributed by atoms with Crippen molar-refractivity contribution in [1.82, 2.24) is 0 Å². The zero-order valence-corrected chi connectivity index (χ0v) is 11.8. The standard InChI is InChI=1S/C4H6Br3.Sn/c1-3(6)4(7)2-5;/h3-4H,1-2H2;. The summed E-state index contributed by atoms with van der Waals surface area (Å²) < 4.78 is 1.26. The molecule has 0 bridgehead atoms. The van der Waals surface area contributed by atoms with E-state index in [1.54, 1.807) is 22.5 Å². The third kappa shape index (κ3) is 4.12. The van der Waals surface area contributed by atoms with Crippen molar-refractivity contribution in [3.63, 3.8) is 0 Å². The van der Waals surface area contributed by atoms with Crippen molar-refractivity contribution in [3.8, 4) is 0 Å². The molecule has 0 aliphatic rings. The Balaban J connectivity index is 3.29. The van der Waals surface area contributed by atoms with Crippen LogP contribution >= 0.6 is 47.8 Å². The average molecular weight is 413 g/mol. The van der Waals surface area contributed by atoms with Gasteiger partial charge in [0, 0.05) is 0 Å². The van der Waals surface area contributed by atoms with Crippen molar-refractivity contribution < 1.29 is 0 Å². The Morgan fingerprint density at radius 2 is 1.75 bits per heavy atom. The molecule has 0 aromatic carbocycles. The molecule has 0 aliphatic carbocycles. The number of hydrogen-bond donors (Lipinski definition) is 0. The zero-order valence-electron chi connectivity index (χ0n) is 4.20. The Hall–Kier alpha value is 2.24. The molecule has 0 heterocycles. The van der Waals surface area contributed by atoms with Crippen LogP contribution < -0.4 is 0 Å². The summed E-state index contributed by atoms with van der Waals surface area (Å²) in [5.74, 6) is 0. The van der Waals surface area contributed by atoms with Crippen molar-refractivity contribution in [2.45, 2.75) is 14.1 Å². The van der Waals surface area contributed by atoms with Crippen LogP contribution in [0.5, 0.6) is 0 Å². The first kappa shape index (κ1) is 10.2. The number of alkyl halides is 3. The van der Waals surface area contributed by atoms with E-state index in [-0.39, 0.29) is 0 Å². The molecule has 4 heteroatoms. The summed E-state index contributed by atoms with van der Waals surface area (Å²) in [6.45, 7) is 0. The third-order valence-electron chi connectivity index (χ3n) is 0.735. The van der Waals surface area contributed by atoms with E-state index in [9.17, 15) is 0 Å². The van der Waals surface area contributed by atoms with Gasteiger partial charge in [0.1, 0.15) is 0 Å². The predicted octanol–water partition coefficient (Wildman–Crippen LogP) is 2.50. The van der Waals surface area contributed by atoms with Gasteiger partial charge in [-0.1, -0.05) is 0 Å². The first-order valence-electron chi connectivity index (χ1n) is 2.21. The molecule has 0 aromatic rings. The van der Waals surface area contributed by atoms with E-state index in [4.69, 9.17) is 0 Å². The molecule has 0 aromatic heterocycles. The number of hydrogen-bond acceptors (Lipinski definition) is 0. The Morgan fingerprint density at radius 1 is 1.25 bits per heavy atom. The summed E-state index contributed by atoms with van der Waals surface area (Å²) in [5.41, 5.74) is 0. The summed E-state index contributed by atoms with van der Waals surface area (Å²) in [7, 11) is 0. The fourth-order valence-electron chi connectivity index (χ4n) is 0.225. The molecule has 0 saturated heterocycles. The van der Waals surface area contributed by atoms with E-state index in [1.807, 2.05) is 0 Å². The zero-order chi connectivity index (χ0) is 6.57. The van der Waals surface area contributed by atoms with Crippen LogP contribution in [0.25, 0.3) is 0 Å². The average Bonchev–Trinajstić information content (AvgIpc) is 1.84. The van der Waals surface area contributed by atoms with Gasteiger partial charge in [-0.05, 0) is 0 Å². The summed E-state index contributed by atoms with van der Waals surface area (Å²) in [5, 5.41) is 1.03. The van der Waals surface area contributed by atoms with Gasteiger partial charge in [0.2, 0.25) is 0 Å². The molecule has 0 amide bonds. The van der Waals surface area contributed by atoms with E-state index >= 15 is 0 Å². The number of halogens is 3. The normalized spacial score (nSPS) is 18.0. The molecular weight excluding hydrogens is 406 g/mol. The van der Waals surface area contributed by atoms with Gasteiger partial charge in [-0.2, -0.15) is 0 Å². The maximum atomic E-state index is 3.55. The molecule has 0 fully saturated rings. The minimum absolute atomic E-state index is 0.585. The Kier molecular flexibility index (Phi) is 7.66. The molecule has 2 atom stereocenters. The topological polar surface area (TPSA) is 0 Å². The van der Waals surface area contributed by atoms with E-state index in [0.717, 1.165) is 5.33 Å². The molecule has 0 saturated carbocycles. The Labute approximate surface area is 88.6 Å². The molecule has 0 N–H and O–H groups in total. The summed E-state index contributed by atoms with van der Waals surface area (Å²) >= 11 is 12.0. The van der Waals surface area contributed by atoms with E-state index in [0.29, 0.717) is 9.65 Å². The van der Waals surface area contributed by atoms with Crippen LogP contribution in [-0.2, 0) is 0 Å². The van der Waals surface area contributed by atoms with Gasteiger partial charge in [0.15, 0.2) is 0 Å². The minimum atomic E-state index is 0.585. The molecule has 0 spiro atoms. The molecule has 0 rings (SSSR count). The van der Waals surface area contributed by atoms with E-state index in [2.05, 4.69) is 47.8 Å². The summed E-state index contributed by atoms with van der Waals surface area (Å²) in [6, 6.07) is 0. The van der Waals surface area contributed by atoms with Gasteiger partial charge in [-0.3, -0.25) is 0 Å². The molecule has 0 aliphatic heterocycles. The third-order valence-corrected chi connectivity index (χ3v) is 7.90. The van der Waals surface area contributed by atoms with Crippen LogP contribution in [0.2, 0.25) is 4.44 Å². The van der Waals surface area contributed by atoms with Crippen LogP contribution in [0, 0.1) is 0 Å². The van der Waals surface area contributed by atoms with Crippen LogP contribution in [0.1, 0.15) is 0 Å². The van der Waals surface area contributed by atoms with Gasteiger partial charge in [-0.15, -0.1) is 0 Å². The second-order valence-electron chi connectivity index (χ2n) is 1.39. The first-order chi connectivity index (χ1) is 3.72. The van der Waals surface area contributed by atoms with Crippen LogP contribution in [-0.4, -0.2) is 37.5 Å². The monoisotopic (exact) mass is 411 g/mol. The van der Waals surface area contributed by atoms with Gasteiger partial charge in [0.05, 0.1) is 0 Å². The second kappa shape index (κ2) is 5.98. The van der Waals surface area contributed by atoms with Crippen LogP contribution in [0.15, 0.2) is 0 Å². The summed E-state index contributed by atoms with van der Waals surface area (Å²) in [6.07, 6.45) is 0. The summed E-state index contributed by atoms with van der Waals surface area (Å²) in [4.78, 5) is 1.22. The van der Waals surface area contributed by atoms with Gasteiger partial charge >= 0.3 is 89.7 Å². The predicted molar refractivity (Wildman–Crippen MR) is 49.8 cm³/mol. The second-order valence-corrected chi connectivity index (χ2v) is 5.56. The Bertz CT molecular complexity index is 51.2. The first-order valence-corrected chi connectivity index (χ1v) is 7.18. The molecule has 0 nitrogen and oxygen atoms in total. The molecule has 3 radical (unpaired) electrons. The van der Waals surface area contributed by atoms with E-state index < -0.39 is 0 Å². The van der Waals surface area contributed by atoms with Crippen molar-refractivity contribution >= 4 is 70.3 Å². The fraction of sp³-hybridized carbons (Fsp3) is 1.00. The SMILES string of the molecule is BrCC(Br)C(Br)[CH2][Sn]. The van der Waals surface area contributed by atoms with Crippen LogP contribution in [0.4, 0.5) is 0 Å².